The monoisotopic (exact) mass is 285 g/mol. The van der Waals surface area contributed by atoms with Gasteiger partial charge in [0.25, 0.3) is 5.91 Å². The third-order valence-corrected chi connectivity index (χ3v) is 3.55. The van der Waals surface area contributed by atoms with Crippen LogP contribution in [0.15, 0.2) is 30.3 Å². The van der Waals surface area contributed by atoms with E-state index in [1.165, 1.54) is 5.56 Å². The average molecular weight is 285 g/mol. The highest BCUT2D eigenvalue weighted by molar-refractivity contribution is 5.94. The fourth-order valence-electron chi connectivity index (χ4n) is 2.30. The van der Waals surface area contributed by atoms with Crippen LogP contribution >= 0.6 is 0 Å². The highest BCUT2D eigenvalue weighted by atomic mass is 16.1. The van der Waals surface area contributed by atoms with Gasteiger partial charge in [-0.15, -0.1) is 0 Å². The SMILES string of the molecule is Cc1cc(C)n(CCNC(=O)c2ccc(C(C)C)cc2)n1. The first-order valence-electron chi connectivity index (χ1n) is 7.36. The zero-order valence-electron chi connectivity index (χ0n) is 13.2. The second-order valence-electron chi connectivity index (χ2n) is 5.68. The van der Waals surface area contributed by atoms with Crippen LogP contribution in [0.5, 0.6) is 0 Å². The predicted octanol–water partition coefficient (Wildman–Crippen LogP) is 3.05. The summed E-state index contributed by atoms with van der Waals surface area (Å²) in [5, 5.41) is 7.31. The number of rotatable bonds is 5. The standard InChI is InChI=1S/C17H23N3O/c1-12(2)15-5-7-16(8-6-15)17(21)18-9-10-20-14(4)11-13(3)19-20/h5-8,11-12H,9-10H2,1-4H3,(H,18,21). The number of aromatic nitrogens is 2. The highest BCUT2D eigenvalue weighted by Gasteiger charge is 2.07. The van der Waals surface area contributed by atoms with Crippen molar-refractivity contribution in [1.29, 1.82) is 0 Å². The van der Waals surface area contributed by atoms with E-state index in [2.05, 4.69) is 24.3 Å². The third-order valence-electron chi connectivity index (χ3n) is 3.55. The molecule has 0 unspecified atom stereocenters. The fourth-order valence-corrected chi connectivity index (χ4v) is 2.30. The van der Waals surface area contributed by atoms with Crippen LogP contribution in [0, 0.1) is 13.8 Å². The maximum atomic E-state index is 12.1. The van der Waals surface area contributed by atoms with Crippen molar-refractivity contribution in [2.45, 2.75) is 40.2 Å². The molecule has 0 bridgehead atoms. The molecule has 0 atom stereocenters. The van der Waals surface area contributed by atoms with Gasteiger partial charge in [-0.25, -0.2) is 0 Å². The number of amides is 1. The summed E-state index contributed by atoms with van der Waals surface area (Å²) in [6.45, 7) is 9.54. The number of hydrogen-bond donors (Lipinski definition) is 1. The van der Waals surface area contributed by atoms with Gasteiger partial charge in [0.2, 0.25) is 0 Å². The molecule has 0 spiro atoms. The Hall–Kier alpha value is -2.10. The molecule has 1 aromatic heterocycles. The number of nitrogens with one attached hydrogen (secondary N) is 1. The van der Waals surface area contributed by atoms with Crippen LogP contribution in [-0.2, 0) is 6.54 Å². The summed E-state index contributed by atoms with van der Waals surface area (Å²) in [6.07, 6.45) is 0. The van der Waals surface area contributed by atoms with E-state index in [0.717, 1.165) is 11.4 Å². The summed E-state index contributed by atoms with van der Waals surface area (Å²) in [7, 11) is 0. The van der Waals surface area contributed by atoms with Gasteiger partial charge in [0, 0.05) is 17.8 Å². The molecule has 4 heteroatoms. The van der Waals surface area contributed by atoms with Crippen molar-refractivity contribution in [1.82, 2.24) is 15.1 Å². The minimum atomic E-state index is -0.0353. The van der Waals surface area contributed by atoms with Crippen molar-refractivity contribution in [2.24, 2.45) is 0 Å². The zero-order valence-corrected chi connectivity index (χ0v) is 13.2. The third kappa shape index (κ3) is 3.94. The zero-order chi connectivity index (χ0) is 15.4. The van der Waals surface area contributed by atoms with Crippen LogP contribution in [0.25, 0.3) is 0 Å². The molecule has 1 N–H and O–H groups in total. The largest absolute Gasteiger partial charge is 0.350 e. The molecule has 1 aromatic carbocycles. The van der Waals surface area contributed by atoms with E-state index in [1.54, 1.807) is 0 Å². The lowest BCUT2D eigenvalue weighted by Crippen LogP contribution is -2.27. The average Bonchev–Trinajstić information content (AvgIpc) is 2.77. The molecule has 1 amide bonds. The maximum absolute atomic E-state index is 12.1. The number of hydrogen-bond acceptors (Lipinski definition) is 2. The van der Waals surface area contributed by atoms with Crippen LogP contribution in [0.2, 0.25) is 0 Å². The lowest BCUT2D eigenvalue weighted by molar-refractivity contribution is 0.0952. The van der Waals surface area contributed by atoms with Gasteiger partial charge in [-0.2, -0.15) is 5.10 Å². The van der Waals surface area contributed by atoms with Gasteiger partial charge < -0.3 is 5.32 Å². The molecular weight excluding hydrogens is 262 g/mol. The Morgan fingerprint density at radius 3 is 2.43 bits per heavy atom. The minimum absolute atomic E-state index is 0.0353. The summed E-state index contributed by atoms with van der Waals surface area (Å²) < 4.78 is 1.91. The first-order valence-corrected chi connectivity index (χ1v) is 7.36. The van der Waals surface area contributed by atoms with Crippen molar-refractivity contribution < 1.29 is 4.79 Å². The Labute approximate surface area is 126 Å². The van der Waals surface area contributed by atoms with Gasteiger partial charge in [-0.05, 0) is 43.5 Å². The van der Waals surface area contributed by atoms with E-state index in [-0.39, 0.29) is 5.91 Å². The van der Waals surface area contributed by atoms with Crippen molar-refractivity contribution in [2.75, 3.05) is 6.54 Å². The highest BCUT2D eigenvalue weighted by Crippen LogP contribution is 2.14. The first-order chi connectivity index (χ1) is 9.97. The molecule has 4 nitrogen and oxygen atoms in total. The molecule has 112 valence electrons. The summed E-state index contributed by atoms with van der Waals surface area (Å²) in [4.78, 5) is 12.1. The Morgan fingerprint density at radius 2 is 1.90 bits per heavy atom. The van der Waals surface area contributed by atoms with E-state index in [4.69, 9.17) is 0 Å². The van der Waals surface area contributed by atoms with Crippen molar-refractivity contribution >= 4 is 5.91 Å². The van der Waals surface area contributed by atoms with E-state index in [9.17, 15) is 4.79 Å². The molecule has 0 aliphatic carbocycles. The number of aryl methyl sites for hydroxylation is 2. The van der Waals surface area contributed by atoms with Gasteiger partial charge in [-0.1, -0.05) is 26.0 Å². The molecule has 21 heavy (non-hydrogen) atoms. The van der Waals surface area contributed by atoms with Gasteiger partial charge in [0.15, 0.2) is 0 Å². The van der Waals surface area contributed by atoms with Gasteiger partial charge in [-0.3, -0.25) is 9.48 Å². The fraction of sp³-hybridized carbons (Fsp3) is 0.412. The maximum Gasteiger partial charge on any atom is 0.251 e. The summed E-state index contributed by atoms with van der Waals surface area (Å²) in [5.74, 6) is 0.444. The first kappa shape index (κ1) is 15.3. The molecule has 0 fully saturated rings. The van der Waals surface area contributed by atoms with Crippen LogP contribution in [0.1, 0.15) is 47.1 Å². The van der Waals surface area contributed by atoms with Gasteiger partial charge in [0.1, 0.15) is 0 Å². The van der Waals surface area contributed by atoms with Crippen molar-refractivity contribution in [3.63, 3.8) is 0 Å². The molecule has 0 aliphatic rings. The van der Waals surface area contributed by atoms with Crippen LogP contribution in [0.4, 0.5) is 0 Å². The summed E-state index contributed by atoms with van der Waals surface area (Å²) >= 11 is 0. The predicted molar refractivity (Wildman–Crippen MR) is 84.6 cm³/mol. The van der Waals surface area contributed by atoms with E-state index in [1.807, 2.05) is 48.9 Å². The minimum Gasteiger partial charge on any atom is -0.350 e. The summed E-state index contributed by atoms with van der Waals surface area (Å²) in [6, 6.07) is 9.83. The van der Waals surface area contributed by atoms with Crippen molar-refractivity contribution in [3.05, 3.63) is 52.8 Å². The van der Waals surface area contributed by atoms with Gasteiger partial charge in [0.05, 0.1) is 12.2 Å². The second kappa shape index (κ2) is 6.57. The van der Waals surface area contributed by atoms with Crippen LogP contribution in [-0.4, -0.2) is 22.2 Å². The second-order valence-corrected chi connectivity index (χ2v) is 5.68. The Balaban J connectivity index is 1.88. The Kier molecular flexibility index (Phi) is 4.78. The molecule has 0 saturated heterocycles. The lowest BCUT2D eigenvalue weighted by atomic mass is 10.0. The lowest BCUT2D eigenvalue weighted by Gasteiger charge is -2.09. The number of benzene rings is 1. The Morgan fingerprint density at radius 1 is 1.24 bits per heavy atom. The van der Waals surface area contributed by atoms with Crippen molar-refractivity contribution in [3.8, 4) is 0 Å². The van der Waals surface area contributed by atoms with E-state index >= 15 is 0 Å². The molecule has 2 aromatic rings. The molecule has 2 rings (SSSR count). The van der Waals surface area contributed by atoms with Crippen LogP contribution < -0.4 is 5.32 Å². The van der Waals surface area contributed by atoms with E-state index < -0.39 is 0 Å². The Bertz CT molecular complexity index is 611. The molecule has 0 aliphatic heterocycles. The number of nitrogens with zero attached hydrogens (tertiary/aromatic N) is 2. The van der Waals surface area contributed by atoms with Crippen LogP contribution in [0.3, 0.4) is 0 Å². The molecule has 0 saturated carbocycles. The van der Waals surface area contributed by atoms with Gasteiger partial charge >= 0.3 is 0 Å². The van der Waals surface area contributed by atoms with E-state index in [0.29, 0.717) is 24.6 Å². The summed E-state index contributed by atoms with van der Waals surface area (Å²) in [5.41, 5.74) is 4.06. The molecule has 1 heterocycles. The topological polar surface area (TPSA) is 46.9 Å². The number of carbonyl (C=O) groups excluding carboxylic acids is 1. The quantitative estimate of drug-likeness (QED) is 0.917. The smallest absolute Gasteiger partial charge is 0.251 e. The molecular formula is C17H23N3O. The number of carbonyl (C=O) groups is 1. The molecule has 0 radical (unpaired) electrons. The normalized spacial score (nSPS) is 10.9.